The lowest BCUT2D eigenvalue weighted by atomic mass is 10.1. The van der Waals surface area contributed by atoms with Gasteiger partial charge in [-0.1, -0.05) is 36.4 Å². The van der Waals surface area contributed by atoms with Crippen LogP contribution in [0.4, 0.5) is 0 Å². The Bertz CT molecular complexity index is 848. The number of aromatic hydroxyl groups is 1. The third-order valence-electron chi connectivity index (χ3n) is 3.96. The van der Waals surface area contributed by atoms with Crippen LogP contribution < -0.4 is 4.74 Å². The zero-order chi connectivity index (χ0) is 18.5. The van der Waals surface area contributed by atoms with Crippen molar-refractivity contribution in [3.05, 3.63) is 59.7 Å². The summed E-state index contributed by atoms with van der Waals surface area (Å²) in [4.78, 5) is 24.3. The second kappa shape index (κ2) is 7.69. The zero-order valence-electron chi connectivity index (χ0n) is 14.2. The van der Waals surface area contributed by atoms with Gasteiger partial charge in [-0.15, -0.1) is 0 Å². The number of hydrazone groups is 1. The maximum Gasteiger partial charge on any atom is 0.342 e. The molecule has 1 aliphatic heterocycles. The molecule has 0 saturated carbocycles. The number of ether oxygens (including phenoxy) is 2. The summed E-state index contributed by atoms with van der Waals surface area (Å²) in [6, 6.07) is 14.0. The predicted octanol–water partition coefficient (Wildman–Crippen LogP) is 2.19. The molecule has 1 amide bonds. The van der Waals surface area contributed by atoms with Crippen LogP contribution in [0.3, 0.4) is 0 Å². The summed E-state index contributed by atoms with van der Waals surface area (Å²) in [6.07, 6.45) is 0.639. The number of hydrogen-bond acceptors (Lipinski definition) is 6. The highest BCUT2D eigenvalue weighted by Gasteiger charge is 2.23. The smallest absolute Gasteiger partial charge is 0.342 e. The summed E-state index contributed by atoms with van der Waals surface area (Å²) in [5.41, 5.74) is 1.71. The van der Waals surface area contributed by atoms with Crippen molar-refractivity contribution in [1.29, 1.82) is 0 Å². The first-order valence-corrected chi connectivity index (χ1v) is 8.06. The summed E-state index contributed by atoms with van der Waals surface area (Å²) < 4.78 is 9.95. The highest BCUT2D eigenvalue weighted by atomic mass is 16.5. The minimum Gasteiger partial charge on any atom is -0.504 e. The summed E-state index contributed by atoms with van der Waals surface area (Å²) in [7, 11) is 1.38. The SMILES string of the molecule is COc1cccc(C(=O)OCC(=O)N2CCC(c3ccccc3)=N2)c1O. The number of benzene rings is 2. The lowest BCUT2D eigenvalue weighted by molar-refractivity contribution is -0.134. The predicted molar refractivity (Wildman–Crippen MR) is 94.3 cm³/mol. The molecular formula is C19H18N2O5. The molecule has 1 aliphatic rings. The molecule has 3 rings (SSSR count). The Labute approximate surface area is 150 Å². The first kappa shape index (κ1) is 17.5. The first-order valence-electron chi connectivity index (χ1n) is 8.06. The van der Waals surface area contributed by atoms with Crippen LogP contribution in [0.2, 0.25) is 0 Å². The number of hydrogen-bond donors (Lipinski definition) is 1. The van der Waals surface area contributed by atoms with E-state index >= 15 is 0 Å². The molecule has 134 valence electrons. The van der Waals surface area contributed by atoms with Crippen molar-refractivity contribution >= 4 is 17.6 Å². The number of para-hydroxylation sites is 1. The Morgan fingerprint density at radius 2 is 1.92 bits per heavy atom. The molecular weight excluding hydrogens is 336 g/mol. The molecule has 2 aromatic rings. The number of carbonyl (C=O) groups excluding carboxylic acids is 2. The first-order chi connectivity index (χ1) is 12.6. The van der Waals surface area contributed by atoms with E-state index in [2.05, 4.69) is 5.10 Å². The van der Waals surface area contributed by atoms with Crippen LogP contribution in [-0.2, 0) is 9.53 Å². The highest BCUT2D eigenvalue weighted by Crippen LogP contribution is 2.29. The monoisotopic (exact) mass is 354 g/mol. The van der Waals surface area contributed by atoms with E-state index in [1.165, 1.54) is 24.3 Å². The van der Waals surface area contributed by atoms with Gasteiger partial charge in [0.25, 0.3) is 5.91 Å². The van der Waals surface area contributed by atoms with Crippen molar-refractivity contribution in [2.45, 2.75) is 6.42 Å². The molecule has 0 saturated heterocycles. The van der Waals surface area contributed by atoms with E-state index in [0.717, 1.165) is 11.3 Å². The van der Waals surface area contributed by atoms with Crippen molar-refractivity contribution in [3.63, 3.8) is 0 Å². The standard InChI is InChI=1S/C19H18N2O5/c1-25-16-9-5-8-14(18(16)23)19(24)26-12-17(22)21-11-10-15(20-21)13-6-3-2-4-7-13/h2-9,23H,10-12H2,1H3. The van der Waals surface area contributed by atoms with Crippen LogP contribution in [0.25, 0.3) is 0 Å². The molecule has 0 aromatic heterocycles. The largest absolute Gasteiger partial charge is 0.504 e. The number of methoxy groups -OCH3 is 1. The Morgan fingerprint density at radius 1 is 1.15 bits per heavy atom. The maximum atomic E-state index is 12.2. The van der Waals surface area contributed by atoms with E-state index in [4.69, 9.17) is 9.47 Å². The second-order valence-corrected chi connectivity index (χ2v) is 5.61. The van der Waals surface area contributed by atoms with Crippen molar-refractivity contribution in [1.82, 2.24) is 5.01 Å². The van der Waals surface area contributed by atoms with Crippen LogP contribution >= 0.6 is 0 Å². The second-order valence-electron chi connectivity index (χ2n) is 5.61. The van der Waals surface area contributed by atoms with Crippen molar-refractivity contribution in [3.8, 4) is 11.5 Å². The normalized spacial score (nSPS) is 13.3. The zero-order valence-corrected chi connectivity index (χ0v) is 14.2. The van der Waals surface area contributed by atoms with Gasteiger partial charge in [0.05, 0.1) is 19.4 Å². The molecule has 0 atom stereocenters. The summed E-state index contributed by atoms with van der Waals surface area (Å²) in [5.74, 6) is -1.40. The van der Waals surface area contributed by atoms with Gasteiger partial charge in [0.1, 0.15) is 5.56 Å². The number of nitrogens with zero attached hydrogens (tertiary/aromatic N) is 2. The van der Waals surface area contributed by atoms with Crippen molar-refractivity contribution < 1.29 is 24.2 Å². The minimum absolute atomic E-state index is 0.0629. The van der Waals surface area contributed by atoms with E-state index in [-0.39, 0.29) is 17.1 Å². The van der Waals surface area contributed by atoms with E-state index < -0.39 is 18.5 Å². The molecule has 0 aliphatic carbocycles. The average molecular weight is 354 g/mol. The quantitative estimate of drug-likeness (QED) is 0.832. The Balaban J connectivity index is 1.61. The Hall–Kier alpha value is -3.35. The number of amides is 1. The van der Waals surface area contributed by atoms with Gasteiger partial charge >= 0.3 is 5.97 Å². The maximum absolute atomic E-state index is 12.2. The van der Waals surface area contributed by atoms with Crippen molar-refractivity contribution in [2.24, 2.45) is 5.10 Å². The van der Waals surface area contributed by atoms with Crippen molar-refractivity contribution in [2.75, 3.05) is 20.3 Å². The van der Waals surface area contributed by atoms with Gasteiger partial charge in [-0.3, -0.25) is 4.79 Å². The molecule has 0 spiro atoms. The molecule has 0 unspecified atom stereocenters. The summed E-state index contributed by atoms with van der Waals surface area (Å²) in [6.45, 7) is -0.0218. The summed E-state index contributed by atoms with van der Waals surface area (Å²) >= 11 is 0. The van der Waals surface area contributed by atoms with E-state index in [1.807, 2.05) is 30.3 Å². The molecule has 0 bridgehead atoms. The molecule has 26 heavy (non-hydrogen) atoms. The van der Waals surface area contributed by atoms with Gasteiger partial charge < -0.3 is 14.6 Å². The molecule has 7 heteroatoms. The summed E-state index contributed by atoms with van der Waals surface area (Å²) in [5, 5.41) is 15.5. The molecule has 0 radical (unpaired) electrons. The Morgan fingerprint density at radius 3 is 2.65 bits per heavy atom. The van der Waals surface area contributed by atoms with Crippen LogP contribution in [0.5, 0.6) is 11.5 Å². The fourth-order valence-electron chi connectivity index (χ4n) is 2.60. The minimum atomic E-state index is -0.804. The molecule has 1 N–H and O–H groups in total. The van der Waals surface area contributed by atoms with Crippen LogP contribution in [0.15, 0.2) is 53.6 Å². The molecule has 0 fully saturated rings. The third-order valence-corrected chi connectivity index (χ3v) is 3.96. The lowest BCUT2D eigenvalue weighted by Crippen LogP contribution is -2.28. The molecule has 2 aromatic carbocycles. The van der Waals surface area contributed by atoms with E-state index in [9.17, 15) is 14.7 Å². The molecule has 1 heterocycles. The van der Waals surface area contributed by atoms with Crippen LogP contribution in [0.1, 0.15) is 22.3 Å². The van der Waals surface area contributed by atoms with Crippen LogP contribution in [-0.4, -0.2) is 48.0 Å². The van der Waals surface area contributed by atoms with Gasteiger partial charge in [0.15, 0.2) is 18.1 Å². The lowest BCUT2D eigenvalue weighted by Gasteiger charge is -2.12. The number of rotatable bonds is 5. The number of phenols is 1. The number of carbonyl (C=O) groups is 2. The van der Waals surface area contributed by atoms with Gasteiger partial charge in [-0.05, 0) is 17.7 Å². The average Bonchev–Trinajstić information content (AvgIpc) is 3.17. The fourth-order valence-corrected chi connectivity index (χ4v) is 2.60. The van der Waals surface area contributed by atoms with E-state index in [0.29, 0.717) is 13.0 Å². The topological polar surface area (TPSA) is 88.4 Å². The fraction of sp³-hybridized carbons (Fsp3) is 0.211. The Kier molecular flexibility index (Phi) is 5.17. The highest BCUT2D eigenvalue weighted by molar-refractivity contribution is 6.02. The van der Waals surface area contributed by atoms with Gasteiger partial charge in [0, 0.05) is 6.42 Å². The van der Waals surface area contributed by atoms with Gasteiger partial charge in [0.2, 0.25) is 0 Å². The third kappa shape index (κ3) is 3.66. The number of phenolic OH excluding ortho intramolecular Hbond substituents is 1. The van der Waals surface area contributed by atoms with Crippen LogP contribution in [0, 0.1) is 0 Å². The molecule has 7 nitrogen and oxygen atoms in total. The van der Waals surface area contributed by atoms with Gasteiger partial charge in [-0.2, -0.15) is 5.10 Å². The van der Waals surface area contributed by atoms with Gasteiger partial charge in [-0.25, -0.2) is 9.80 Å². The number of esters is 1. The van der Waals surface area contributed by atoms with E-state index in [1.54, 1.807) is 6.07 Å².